The third kappa shape index (κ3) is 2.05. The average Bonchev–Trinajstić information content (AvgIpc) is 2.78. The monoisotopic (exact) mass is 221 g/mol. The number of thiazole rings is 1. The van der Waals surface area contributed by atoms with Crippen molar-refractivity contribution in [1.82, 2.24) is 25.5 Å². The van der Waals surface area contributed by atoms with Gasteiger partial charge in [-0.15, -0.1) is 11.3 Å². The molecule has 1 aliphatic rings. The predicted molar refractivity (Wildman–Crippen MR) is 57.4 cm³/mol. The predicted octanol–water partition coefficient (Wildman–Crippen LogP) is 1.18. The van der Waals surface area contributed by atoms with Crippen molar-refractivity contribution < 1.29 is 0 Å². The van der Waals surface area contributed by atoms with E-state index >= 15 is 0 Å². The Hall–Kier alpha value is -1.27. The van der Waals surface area contributed by atoms with Crippen LogP contribution in [0.4, 0.5) is 0 Å². The van der Waals surface area contributed by atoms with Crippen LogP contribution in [0.3, 0.4) is 0 Å². The van der Waals surface area contributed by atoms with E-state index in [0.717, 1.165) is 23.4 Å². The average molecular weight is 221 g/mol. The van der Waals surface area contributed by atoms with Gasteiger partial charge in [-0.1, -0.05) is 0 Å². The molecule has 3 rings (SSSR count). The molecule has 1 saturated carbocycles. The maximum absolute atomic E-state index is 4.30. The quantitative estimate of drug-likeness (QED) is 0.813. The van der Waals surface area contributed by atoms with Gasteiger partial charge in [0.2, 0.25) is 0 Å². The Labute approximate surface area is 91.0 Å². The maximum Gasteiger partial charge on any atom is 0.184 e. The van der Waals surface area contributed by atoms with Gasteiger partial charge in [-0.05, 0) is 12.8 Å². The van der Waals surface area contributed by atoms with Crippen molar-refractivity contribution in [3.63, 3.8) is 0 Å². The van der Waals surface area contributed by atoms with Gasteiger partial charge >= 0.3 is 0 Å². The van der Waals surface area contributed by atoms with Crippen molar-refractivity contribution >= 4 is 11.3 Å². The van der Waals surface area contributed by atoms with Crippen molar-refractivity contribution in [2.24, 2.45) is 0 Å². The zero-order valence-electron chi connectivity index (χ0n) is 8.10. The molecule has 0 aliphatic heterocycles. The van der Waals surface area contributed by atoms with Crippen LogP contribution in [-0.2, 0) is 6.54 Å². The molecule has 0 saturated heterocycles. The Kier molecular flexibility index (Phi) is 2.22. The molecule has 2 aromatic rings. The fraction of sp³-hybridized carbons (Fsp3) is 0.444. The molecule has 0 unspecified atom stereocenters. The Bertz CT molecular complexity index is 431. The standard InChI is InChI=1S/C9H11N5S/c1-2-6(1)10-3-7-4-11-9(15-7)8-12-5-13-14-8/h4-6,10H,1-3H2,(H,12,13,14). The highest BCUT2D eigenvalue weighted by molar-refractivity contribution is 7.14. The maximum atomic E-state index is 4.30. The SMILES string of the molecule is c1n[nH]c(-c2ncc(CNC3CC3)s2)n1. The summed E-state index contributed by atoms with van der Waals surface area (Å²) < 4.78 is 0. The van der Waals surface area contributed by atoms with Gasteiger partial charge in [-0.2, -0.15) is 5.10 Å². The molecule has 0 amide bonds. The highest BCUT2D eigenvalue weighted by Crippen LogP contribution is 2.23. The smallest absolute Gasteiger partial charge is 0.184 e. The first kappa shape index (κ1) is 8.99. The van der Waals surface area contributed by atoms with Gasteiger partial charge in [0.05, 0.1) is 0 Å². The summed E-state index contributed by atoms with van der Waals surface area (Å²) in [5, 5.41) is 11.0. The number of hydrogen-bond acceptors (Lipinski definition) is 5. The summed E-state index contributed by atoms with van der Waals surface area (Å²) in [4.78, 5) is 9.61. The lowest BCUT2D eigenvalue weighted by Gasteiger charge is -1.96. The minimum absolute atomic E-state index is 0.737. The van der Waals surface area contributed by atoms with E-state index in [1.54, 1.807) is 11.3 Å². The summed E-state index contributed by atoms with van der Waals surface area (Å²) in [6, 6.07) is 0.737. The molecule has 1 aliphatic carbocycles. The number of aromatic amines is 1. The van der Waals surface area contributed by atoms with E-state index in [4.69, 9.17) is 0 Å². The summed E-state index contributed by atoms with van der Waals surface area (Å²) in [6.45, 7) is 0.913. The van der Waals surface area contributed by atoms with Crippen LogP contribution in [0.5, 0.6) is 0 Å². The highest BCUT2D eigenvalue weighted by Gasteiger charge is 2.20. The number of nitrogens with zero attached hydrogens (tertiary/aromatic N) is 3. The molecule has 2 heterocycles. The number of nitrogens with one attached hydrogen (secondary N) is 2. The van der Waals surface area contributed by atoms with Gasteiger partial charge in [0, 0.05) is 23.7 Å². The molecule has 1 fully saturated rings. The molecule has 0 spiro atoms. The first-order chi connectivity index (χ1) is 7.42. The molecular weight excluding hydrogens is 210 g/mol. The molecule has 15 heavy (non-hydrogen) atoms. The number of H-pyrrole nitrogens is 1. The van der Waals surface area contributed by atoms with Gasteiger partial charge in [-0.3, -0.25) is 5.10 Å². The summed E-state index contributed by atoms with van der Waals surface area (Å²) in [5.74, 6) is 0.748. The summed E-state index contributed by atoms with van der Waals surface area (Å²) in [7, 11) is 0. The Morgan fingerprint density at radius 2 is 2.40 bits per heavy atom. The van der Waals surface area contributed by atoms with Crippen LogP contribution in [0.2, 0.25) is 0 Å². The second-order valence-corrected chi connectivity index (χ2v) is 4.74. The molecule has 0 radical (unpaired) electrons. The van der Waals surface area contributed by atoms with Crippen LogP contribution in [0.25, 0.3) is 10.8 Å². The third-order valence-corrected chi connectivity index (χ3v) is 3.32. The molecule has 0 bridgehead atoms. The van der Waals surface area contributed by atoms with Crippen LogP contribution in [0.1, 0.15) is 17.7 Å². The normalized spacial score (nSPS) is 15.7. The van der Waals surface area contributed by atoms with Gasteiger partial charge in [-0.25, -0.2) is 9.97 Å². The van der Waals surface area contributed by atoms with E-state index in [1.165, 1.54) is 24.0 Å². The van der Waals surface area contributed by atoms with E-state index in [-0.39, 0.29) is 0 Å². The topological polar surface area (TPSA) is 66.5 Å². The molecule has 2 aromatic heterocycles. The Morgan fingerprint density at radius 1 is 1.47 bits per heavy atom. The largest absolute Gasteiger partial charge is 0.309 e. The zero-order chi connectivity index (χ0) is 10.1. The van der Waals surface area contributed by atoms with Crippen molar-refractivity contribution in [2.45, 2.75) is 25.4 Å². The number of rotatable bonds is 4. The number of hydrogen-bond donors (Lipinski definition) is 2. The molecule has 5 nitrogen and oxygen atoms in total. The molecule has 78 valence electrons. The molecule has 0 atom stereocenters. The lowest BCUT2D eigenvalue weighted by molar-refractivity contribution is 0.694. The minimum Gasteiger partial charge on any atom is -0.309 e. The van der Waals surface area contributed by atoms with Crippen LogP contribution in [0.15, 0.2) is 12.5 Å². The van der Waals surface area contributed by atoms with Crippen LogP contribution in [-0.4, -0.2) is 26.2 Å². The second-order valence-electron chi connectivity index (χ2n) is 3.62. The van der Waals surface area contributed by atoms with Gasteiger partial charge < -0.3 is 5.32 Å². The van der Waals surface area contributed by atoms with Crippen molar-refractivity contribution in [2.75, 3.05) is 0 Å². The van der Waals surface area contributed by atoms with E-state index < -0.39 is 0 Å². The Balaban J connectivity index is 1.69. The van der Waals surface area contributed by atoms with Gasteiger partial charge in [0.15, 0.2) is 10.8 Å². The lowest BCUT2D eigenvalue weighted by atomic mass is 10.5. The van der Waals surface area contributed by atoms with Crippen LogP contribution >= 0.6 is 11.3 Å². The fourth-order valence-corrected chi connectivity index (χ4v) is 2.15. The summed E-state index contributed by atoms with van der Waals surface area (Å²) in [5.41, 5.74) is 0. The lowest BCUT2D eigenvalue weighted by Crippen LogP contribution is -2.14. The van der Waals surface area contributed by atoms with E-state index in [1.807, 2.05) is 6.20 Å². The third-order valence-electron chi connectivity index (χ3n) is 2.31. The van der Waals surface area contributed by atoms with Crippen LogP contribution in [0, 0.1) is 0 Å². The van der Waals surface area contributed by atoms with E-state index in [9.17, 15) is 0 Å². The molecule has 2 N–H and O–H groups in total. The molecule has 0 aromatic carbocycles. The zero-order valence-corrected chi connectivity index (χ0v) is 8.92. The first-order valence-electron chi connectivity index (χ1n) is 4.95. The number of aromatic nitrogens is 4. The fourth-order valence-electron chi connectivity index (χ4n) is 1.34. The Morgan fingerprint density at radius 3 is 3.13 bits per heavy atom. The van der Waals surface area contributed by atoms with Crippen LogP contribution < -0.4 is 5.32 Å². The highest BCUT2D eigenvalue weighted by atomic mass is 32.1. The second kappa shape index (κ2) is 3.71. The van der Waals surface area contributed by atoms with Crippen molar-refractivity contribution in [3.05, 3.63) is 17.4 Å². The summed E-state index contributed by atoms with van der Waals surface area (Å²) >= 11 is 1.65. The van der Waals surface area contributed by atoms with Gasteiger partial charge in [0.25, 0.3) is 0 Å². The molecular formula is C9H11N5S. The van der Waals surface area contributed by atoms with Crippen molar-refractivity contribution in [3.8, 4) is 10.8 Å². The van der Waals surface area contributed by atoms with E-state index in [0.29, 0.717) is 0 Å². The van der Waals surface area contributed by atoms with Crippen molar-refractivity contribution in [1.29, 1.82) is 0 Å². The summed E-state index contributed by atoms with van der Waals surface area (Å²) in [6.07, 6.45) is 6.03. The minimum atomic E-state index is 0.737. The first-order valence-corrected chi connectivity index (χ1v) is 5.77. The molecule has 6 heteroatoms. The van der Waals surface area contributed by atoms with Gasteiger partial charge in [0.1, 0.15) is 6.33 Å². The van der Waals surface area contributed by atoms with E-state index in [2.05, 4.69) is 25.5 Å².